The third-order valence-corrected chi connectivity index (χ3v) is 4.28. The van der Waals surface area contributed by atoms with Crippen molar-refractivity contribution in [2.75, 3.05) is 25.4 Å². The van der Waals surface area contributed by atoms with Crippen LogP contribution in [0.4, 0.5) is 0 Å². The van der Waals surface area contributed by atoms with Crippen molar-refractivity contribution < 1.29 is 9.90 Å². The minimum Gasteiger partial charge on any atom is -0.480 e. The zero-order valence-corrected chi connectivity index (χ0v) is 10.4. The van der Waals surface area contributed by atoms with Crippen LogP contribution in [0.25, 0.3) is 0 Å². The van der Waals surface area contributed by atoms with E-state index in [0.29, 0.717) is 0 Å². The molecule has 1 aliphatic rings. The molecule has 0 aromatic rings. The van der Waals surface area contributed by atoms with Crippen LogP contribution in [0.2, 0.25) is 0 Å². The molecule has 1 saturated heterocycles. The summed E-state index contributed by atoms with van der Waals surface area (Å²) in [6, 6.07) is 0. The molecule has 0 amide bonds. The van der Waals surface area contributed by atoms with E-state index in [0.717, 1.165) is 12.3 Å². The van der Waals surface area contributed by atoms with Crippen molar-refractivity contribution in [2.24, 2.45) is 5.92 Å². The van der Waals surface area contributed by atoms with Gasteiger partial charge in [-0.2, -0.15) is 0 Å². The van der Waals surface area contributed by atoms with Crippen LogP contribution >= 0.6 is 11.8 Å². The van der Waals surface area contributed by atoms with Gasteiger partial charge in [-0.05, 0) is 31.8 Å². The van der Waals surface area contributed by atoms with Crippen molar-refractivity contribution >= 4 is 17.7 Å². The number of thioether (sulfide) groups is 1. The fraction of sp³-hybridized carbons (Fsp3) is 0.909. The minimum absolute atomic E-state index is 0.214. The predicted molar refractivity (Wildman–Crippen MR) is 64.4 cm³/mol. The van der Waals surface area contributed by atoms with E-state index in [1.54, 1.807) is 11.8 Å². The summed E-state index contributed by atoms with van der Waals surface area (Å²) in [6.07, 6.45) is 2.61. The molecule has 1 heterocycles. The van der Waals surface area contributed by atoms with Crippen LogP contribution in [-0.2, 0) is 4.79 Å². The molecule has 1 unspecified atom stereocenters. The highest BCUT2D eigenvalue weighted by molar-refractivity contribution is 8.00. The van der Waals surface area contributed by atoms with Gasteiger partial charge in [0, 0.05) is 12.3 Å². The first-order valence-electron chi connectivity index (χ1n) is 5.68. The Morgan fingerprint density at radius 1 is 1.40 bits per heavy atom. The number of hydrogen-bond acceptors (Lipinski definition) is 3. The molecule has 1 aliphatic heterocycles. The second kappa shape index (κ2) is 6.38. The van der Waals surface area contributed by atoms with Gasteiger partial charge in [-0.3, -0.25) is 4.79 Å². The van der Waals surface area contributed by atoms with E-state index in [2.05, 4.69) is 4.90 Å². The topological polar surface area (TPSA) is 40.5 Å². The second-order valence-electron chi connectivity index (χ2n) is 4.42. The van der Waals surface area contributed by atoms with E-state index in [1.165, 1.54) is 25.9 Å². The van der Waals surface area contributed by atoms with Gasteiger partial charge >= 0.3 is 5.97 Å². The van der Waals surface area contributed by atoms with Crippen LogP contribution in [-0.4, -0.2) is 46.6 Å². The molecular formula is C11H21NO2S. The highest BCUT2D eigenvalue weighted by Gasteiger charge is 2.22. The van der Waals surface area contributed by atoms with Crippen molar-refractivity contribution in [3.05, 3.63) is 0 Å². The first-order valence-corrected chi connectivity index (χ1v) is 6.73. The highest BCUT2D eigenvalue weighted by atomic mass is 32.2. The van der Waals surface area contributed by atoms with Crippen molar-refractivity contribution in [3.63, 3.8) is 0 Å². The molecule has 0 radical (unpaired) electrons. The Kier molecular flexibility index (Phi) is 5.47. The van der Waals surface area contributed by atoms with Gasteiger partial charge in [-0.15, -0.1) is 11.8 Å². The molecule has 1 rings (SSSR count). The molecule has 1 N–H and O–H groups in total. The SMILES string of the molecule is CC(C)C(SCCN1CCCC1)C(=O)O. The number of carboxylic acids is 1. The van der Waals surface area contributed by atoms with Gasteiger partial charge in [0.2, 0.25) is 0 Å². The van der Waals surface area contributed by atoms with Crippen LogP contribution in [0.15, 0.2) is 0 Å². The Bertz CT molecular complexity index is 203. The van der Waals surface area contributed by atoms with E-state index >= 15 is 0 Å². The first-order chi connectivity index (χ1) is 7.11. The molecule has 0 bridgehead atoms. The highest BCUT2D eigenvalue weighted by Crippen LogP contribution is 2.20. The number of aliphatic carboxylic acids is 1. The van der Waals surface area contributed by atoms with E-state index < -0.39 is 5.97 Å². The van der Waals surface area contributed by atoms with Gasteiger partial charge in [-0.1, -0.05) is 13.8 Å². The van der Waals surface area contributed by atoms with Gasteiger partial charge < -0.3 is 10.0 Å². The van der Waals surface area contributed by atoms with Crippen molar-refractivity contribution in [3.8, 4) is 0 Å². The maximum absolute atomic E-state index is 10.9. The quantitative estimate of drug-likeness (QED) is 0.758. The normalized spacial score (nSPS) is 19.7. The molecule has 0 aromatic heterocycles. The molecule has 0 aliphatic carbocycles. The Hall–Kier alpha value is -0.220. The molecule has 1 atom stereocenters. The molecular weight excluding hydrogens is 210 g/mol. The summed E-state index contributed by atoms with van der Waals surface area (Å²) in [7, 11) is 0. The average Bonchev–Trinajstić information content (AvgIpc) is 2.63. The van der Waals surface area contributed by atoms with Crippen LogP contribution in [0, 0.1) is 5.92 Å². The van der Waals surface area contributed by atoms with Gasteiger partial charge in [0.1, 0.15) is 5.25 Å². The molecule has 0 saturated carbocycles. The molecule has 0 spiro atoms. The number of hydrogen-bond donors (Lipinski definition) is 1. The number of likely N-dealkylation sites (tertiary alicyclic amines) is 1. The van der Waals surface area contributed by atoms with Gasteiger partial charge in [0.05, 0.1) is 0 Å². The first kappa shape index (κ1) is 12.8. The molecule has 1 fully saturated rings. The zero-order chi connectivity index (χ0) is 11.3. The van der Waals surface area contributed by atoms with E-state index in [-0.39, 0.29) is 11.2 Å². The fourth-order valence-corrected chi connectivity index (χ4v) is 3.01. The van der Waals surface area contributed by atoms with E-state index in [1.807, 2.05) is 13.8 Å². The van der Waals surface area contributed by atoms with Crippen LogP contribution in [0.5, 0.6) is 0 Å². The number of carboxylic acid groups (broad SMARTS) is 1. The third kappa shape index (κ3) is 4.43. The maximum Gasteiger partial charge on any atom is 0.316 e. The lowest BCUT2D eigenvalue weighted by atomic mass is 10.1. The smallest absolute Gasteiger partial charge is 0.316 e. The largest absolute Gasteiger partial charge is 0.480 e. The van der Waals surface area contributed by atoms with Gasteiger partial charge in [0.25, 0.3) is 0 Å². The summed E-state index contributed by atoms with van der Waals surface area (Å²) in [5.74, 6) is 0.484. The molecule has 15 heavy (non-hydrogen) atoms. The number of rotatable bonds is 6. The summed E-state index contributed by atoms with van der Waals surface area (Å²) in [5, 5.41) is 8.76. The number of nitrogens with zero attached hydrogens (tertiary/aromatic N) is 1. The van der Waals surface area contributed by atoms with Crippen LogP contribution in [0.1, 0.15) is 26.7 Å². The van der Waals surface area contributed by atoms with Gasteiger partial charge in [-0.25, -0.2) is 0 Å². The molecule has 88 valence electrons. The van der Waals surface area contributed by atoms with Crippen molar-refractivity contribution in [1.29, 1.82) is 0 Å². The van der Waals surface area contributed by atoms with Crippen LogP contribution in [0.3, 0.4) is 0 Å². The Balaban J connectivity index is 2.18. The Morgan fingerprint density at radius 2 is 2.00 bits per heavy atom. The summed E-state index contributed by atoms with van der Waals surface area (Å²) < 4.78 is 0. The molecule has 3 nitrogen and oxygen atoms in total. The van der Waals surface area contributed by atoms with Crippen LogP contribution < -0.4 is 0 Å². The fourth-order valence-electron chi connectivity index (χ4n) is 1.86. The predicted octanol–water partition coefficient (Wildman–Crippen LogP) is 1.92. The molecule has 0 aromatic carbocycles. The second-order valence-corrected chi connectivity index (χ2v) is 5.67. The summed E-state index contributed by atoms with van der Waals surface area (Å²) in [5.41, 5.74) is 0. The monoisotopic (exact) mass is 231 g/mol. The third-order valence-electron chi connectivity index (χ3n) is 2.75. The Labute approximate surface area is 96.2 Å². The maximum atomic E-state index is 10.9. The summed E-state index contributed by atoms with van der Waals surface area (Å²) in [4.78, 5) is 13.4. The lowest BCUT2D eigenvalue weighted by Crippen LogP contribution is -2.27. The minimum atomic E-state index is -0.670. The summed E-state index contributed by atoms with van der Waals surface area (Å²) in [6.45, 7) is 7.38. The van der Waals surface area contributed by atoms with E-state index in [9.17, 15) is 4.79 Å². The Morgan fingerprint density at radius 3 is 2.47 bits per heavy atom. The number of carbonyl (C=O) groups is 1. The molecule has 4 heteroatoms. The van der Waals surface area contributed by atoms with Gasteiger partial charge in [0.15, 0.2) is 0 Å². The summed E-state index contributed by atoms with van der Waals surface area (Å²) >= 11 is 1.58. The average molecular weight is 231 g/mol. The zero-order valence-electron chi connectivity index (χ0n) is 9.61. The van der Waals surface area contributed by atoms with Crippen molar-refractivity contribution in [2.45, 2.75) is 31.9 Å². The lowest BCUT2D eigenvalue weighted by molar-refractivity contribution is -0.137. The van der Waals surface area contributed by atoms with Crippen molar-refractivity contribution in [1.82, 2.24) is 4.90 Å². The van der Waals surface area contributed by atoms with E-state index in [4.69, 9.17) is 5.11 Å². The standard InChI is InChI=1S/C11H21NO2S/c1-9(2)10(11(13)14)15-8-7-12-5-3-4-6-12/h9-10H,3-8H2,1-2H3,(H,13,14). The lowest BCUT2D eigenvalue weighted by Gasteiger charge is -2.18.